The largest absolute Gasteiger partial charge is 0.462 e. The summed E-state index contributed by atoms with van der Waals surface area (Å²) in [4.78, 5) is 37.9. The molecular formula is C54H94O6. The van der Waals surface area contributed by atoms with E-state index >= 15 is 0 Å². The van der Waals surface area contributed by atoms with Crippen molar-refractivity contribution in [3.8, 4) is 0 Å². The molecule has 0 heterocycles. The smallest absolute Gasteiger partial charge is 0.306 e. The predicted octanol–water partition coefficient (Wildman–Crippen LogP) is 16.5. The summed E-state index contributed by atoms with van der Waals surface area (Å²) < 4.78 is 16.7. The number of ether oxygens (including phenoxy) is 3. The van der Waals surface area contributed by atoms with Gasteiger partial charge in [-0.2, -0.15) is 0 Å². The topological polar surface area (TPSA) is 78.9 Å². The van der Waals surface area contributed by atoms with Crippen molar-refractivity contribution in [1.29, 1.82) is 0 Å². The van der Waals surface area contributed by atoms with E-state index in [-0.39, 0.29) is 31.1 Å². The van der Waals surface area contributed by atoms with Gasteiger partial charge in [0, 0.05) is 19.3 Å². The van der Waals surface area contributed by atoms with Gasteiger partial charge in [0.2, 0.25) is 0 Å². The number of carbonyl (C=O) groups excluding carboxylic acids is 3. The van der Waals surface area contributed by atoms with E-state index in [4.69, 9.17) is 14.2 Å². The van der Waals surface area contributed by atoms with E-state index in [1.165, 1.54) is 89.9 Å². The normalized spacial score (nSPS) is 12.5. The first-order chi connectivity index (χ1) is 29.5. The van der Waals surface area contributed by atoms with Gasteiger partial charge in [-0.1, -0.05) is 210 Å². The van der Waals surface area contributed by atoms with Crippen LogP contribution in [0.15, 0.2) is 60.8 Å². The van der Waals surface area contributed by atoms with Crippen LogP contribution >= 0.6 is 0 Å². The number of hydrogen-bond acceptors (Lipinski definition) is 6. The van der Waals surface area contributed by atoms with E-state index in [9.17, 15) is 14.4 Å². The van der Waals surface area contributed by atoms with E-state index in [1.54, 1.807) is 0 Å². The molecule has 1 unspecified atom stereocenters. The Morgan fingerprint density at radius 1 is 0.350 bits per heavy atom. The zero-order valence-corrected chi connectivity index (χ0v) is 39.5. The molecule has 6 nitrogen and oxygen atoms in total. The maximum absolute atomic E-state index is 12.8. The van der Waals surface area contributed by atoms with Gasteiger partial charge in [-0.15, -0.1) is 0 Å². The number of hydrogen-bond donors (Lipinski definition) is 0. The monoisotopic (exact) mass is 839 g/mol. The first kappa shape index (κ1) is 57.1. The van der Waals surface area contributed by atoms with Crippen molar-refractivity contribution in [3.63, 3.8) is 0 Å². The molecule has 1 atom stereocenters. The SMILES string of the molecule is CC/C=C\C/C=C\C/C=C\CCCCCC(=O)OC(COC(=O)CCCCCCC/C=C\C/C=C\CCC)COC(=O)CCCCCCCCCCCCCCCCCC. The van der Waals surface area contributed by atoms with Crippen LogP contribution in [0.25, 0.3) is 0 Å². The molecule has 0 aromatic heterocycles. The molecule has 0 bridgehead atoms. The fourth-order valence-electron chi connectivity index (χ4n) is 6.96. The standard InChI is InChI=1S/C54H94O6/c1-4-7-10-13-16-19-22-25-26-27-30-32-35-38-41-44-47-53(56)59-50-51(60-54(57)48-45-42-39-36-33-29-24-21-18-15-12-9-6-3)49-58-52(55)46-43-40-37-34-31-28-23-20-17-14-11-8-5-2/h9,11-12,14,18,20-21,23,29,33,51H,4-8,10,13,15-17,19,22,24-28,30-32,34-50H2,1-3H3/b12-9-,14-11-,21-18-,23-20-,33-29-. The van der Waals surface area contributed by atoms with Gasteiger partial charge >= 0.3 is 17.9 Å². The van der Waals surface area contributed by atoms with Gasteiger partial charge in [-0.25, -0.2) is 0 Å². The summed E-state index contributed by atoms with van der Waals surface area (Å²) in [5.74, 6) is -0.930. The van der Waals surface area contributed by atoms with Crippen LogP contribution in [0.5, 0.6) is 0 Å². The molecule has 0 amide bonds. The third kappa shape index (κ3) is 46.2. The van der Waals surface area contributed by atoms with Gasteiger partial charge in [0.05, 0.1) is 0 Å². The first-order valence-corrected chi connectivity index (χ1v) is 25.3. The number of rotatable bonds is 45. The molecule has 0 radical (unpaired) electrons. The second-order valence-corrected chi connectivity index (χ2v) is 16.7. The highest BCUT2D eigenvalue weighted by atomic mass is 16.6. The van der Waals surface area contributed by atoms with E-state index in [0.29, 0.717) is 19.3 Å². The highest BCUT2D eigenvalue weighted by Crippen LogP contribution is 2.15. The van der Waals surface area contributed by atoms with E-state index in [1.807, 2.05) is 0 Å². The van der Waals surface area contributed by atoms with Crippen molar-refractivity contribution in [3.05, 3.63) is 60.8 Å². The number of allylic oxidation sites excluding steroid dienone is 10. The molecule has 346 valence electrons. The fourth-order valence-corrected chi connectivity index (χ4v) is 6.96. The van der Waals surface area contributed by atoms with Gasteiger partial charge in [-0.3, -0.25) is 14.4 Å². The van der Waals surface area contributed by atoms with Crippen LogP contribution in [0.2, 0.25) is 0 Å². The molecule has 0 aromatic rings. The van der Waals surface area contributed by atoms with Crippen LogP contribution in [0.1, 0.15) is 245 Å². The maximum Gasteiger partial charge on any atom is 0.306 e. The van der Waals surface area contributed by atoms with Crippen molar-refractivity contribution >= 4 is 17.9 Å². The number of unbranched alkanes of at least 4 members (excludes halogenated alkanes) is 24. The van der Waals surface area contributed by atoms with Crippen molar-refractivity contribution in [2.24, 2.45) is 0 Å². The average molecular weight is 839 g/mol. The molecule has 0 aliphatic carbocycles. The summed E-state index contributed by atoms with van der Waals surface area (Å²) in [6.45, 7) is 6.43. The summed E-state index contributed by atoms with van der Waals surface area (Å²) in [5.41, 5.74) is 0. The third-order valence-corrected chi connectivity index (χ3v) is 10.7. The van der Waals surface area contributed by atoms with E-state index in [2.05, 4.69) is 81.5 Å². The summed E-state index contributed by atoms with van der Waals surface area (Å²) in [6.07, 6.45) is 59.2. The van der Waals surface area contributed by atoms with Gasteiger partial charge in [0.1, 0.15) is 13.2 Å². The summed E-state index contributed by atoms with van der Waals surface area (Å²) in [7, 11) is 0. The minimum absolute atomic E-state index is 0.0890. The highest BCUT2D eigenvalue weighted by Gasteiger charge is 2.19. The Bertz CT molecular complexity index is 1100. The molecule has 0 saturated carbocycles. The Labute approximate surface area is 370 Å². The average Bonchev–Trinajstić information content (AvgIpc) is 3.24. The van der Waals surface area contributed by atoms with Crippen molar-refractivity contribution in [1.82, 2.24) is 0 Å². The molecule has 6 heteroatoms. The molecule has 0 saturated heterocycles. The quantitative estimate of drug-likeness (QED) is 0.0263. The predicted molar refractivity (Wildman–Crippen MR) is 256 cm³/mol. The molecule has 0 aliphatic rings. The molecule has 0 rings (SSSR count). The molecule has 0 aliphatic heterocycles. The number of esters is 3. The lowest BCUT2D eigenvalue weighted by Gasteiger charge is -2.18. The van der Waals surface area contributed by atoms with Gasteiger partial charge < -0.3 is 14.2 Å². The van der Waals surface area contributed by atoms with E-state index in [0.717, 1.165) is 116 Å². The second-order valence-electron chi connectivity index (χ2n) is 16.7. The molecule has 0 fully saturated rings. The zero-order chi connectivity index (χ0) is 43.7. The Balaban J connectivity index is 4.40. The summed E-state index contributed by atoms with van der Waals surface area (Å²) in [6, 6.07) is 0. The maximum atomic E-state index is 12.8. The molecule has 0 aromatic carbocycles. The van der Waals surface area contributed by atoms with Gasteiger partial charge in [-0.05, 0) is 77.0 Å². The summed E-state index contributed by atoms with van der Waals surface area (Å²) in [5, 5.41) is 0. The minimum Gasteiger partial charge on any atom is -0.462 e. The van der Waals surface area contributed by atoms with Crippen LogP contribution in [0, 0.1) is 0 Å². The number of carbonyl (C=O) groups is 3. The van der Waals surface area contributed by atoms with Crippen LogP contribution < -0.4 is 0 Å². The lowest BCUT2D eigenvalue weighted by Crippen LogP contribution is -2.30. The Hall–Kier alpha value is -2.89. The van der Waals surface area contributed by atoms with Crippen LogP contribution in [0.4, 0.5) is 0 Å². The van der Waals surface area contributed by atoms with Crippen LogP contribution in [0.3, 0.4) is 0 Å². The van der Waals surface area contributed by atoms with Crippen molar-refractivity contribution < 1.29 is 28.6 Å². The third-order valence-electron chi connectivity index (χ3n) is 10.7. The molecular weight excluding hydrogens is 745 g/mol. The van der Waals surface area contributed by atoms with Gasteiger partial charge in [0.15, 0.2) is 6.10 Å². The lowest BCUT2D eigenvalue weighted by atomic mass is 10.0. The minimum atomic E-state index is -0.792. The summed E-state index contributed by atoms with van der Waals surface area (Å²) >= 11 is 0. The zero-order valence-electron chi connectivity index (χ0n) is 39.5. The Morgan fingerprint density at radius 3 is 1.10 bits per heavy atom. The van der Waals surface area contributed by atoms with Gasteiger partial charge in [0.25, 0.3) is 0 Å². The first-order valence-electron chi connectivity index (χ1n) is 25.3. The Kier molecular flexibility index (Phi) is 46.4. The van der Waals surface area contributed by atoms with E-state index < -0.39 is 6.10 Å². The molecule has 0 spiro atoms. The lowest BCUT2D eigenvalue weighted by molar-refractivity contribution is -0.167. The second kappa shape index (κ2) is 48.8. The van der Waals surface area contributed by atoms with Crippen molar-refractivity contribution in [2.45, 2.75) is 252 Å². The van der Waals surface area contributed by atoms with Crippen LogP contribution in [-0.2, 0) is 28.6 Å². The Morgan fingerprint density at radius 2 is 0.683 bits per heavy atom. The highest BCUT2D eigenvalue weighted by molar-refractivity contribution is 5.71. The molecule has 0 N–H and O–H groups in total. The molecule has 60 heavy (non-hydrogen) atoms. The van der Waals surface area contributed by atoms with Crippen LogP contribution in [-0.4, -0.2) is 37.2 Å². The fraction of sp³-hybridized carbons (Fsp3) is 0.759. The van der Waals surface area contributed by atoms with Crippen molar-refractivity contribution in [2.75, 3.05) is 13.2 Å².